The summed E-state index contributed by atoms with van der Waals surface area (Å²) >= 11 is 0. The predicted octanol–water partition coefficient (Wildman–Crippen LogP) is 1.09. The summed E-state index contributed by atoms with van der Waals surface area (Å²) in [4.78, 5) is 8.70. The minimum Gasteiger partial charge on any atom is -0.365 e. The van der Waals surface area contributed by atoms with Crippen molar-refractivity contribution >= 4 is 22.8 Å². The molecule has 0 radical (unpaired) electrons. The molecule has 0 spiro atoms. The van der Waals surface area contributed by atoms with Crippen LogP contribution >= 0.6 is 0 Å². The Morgan fingerprint density at radius 3 is 2.43 bits per heavy atom. The lowest BCUT2D eigenvalue weighted by Gasteiger charge is -2.23. The molecule has 0 aliphatic heterocycles. The van der Waals surface area contributed by atoms with Crippen molar-refractivity contribution in [1.29, 1.82) is 0 Å². The molecule has 1 aromatic carbocycles. The van der Waals surface area contributed by atoms with Gasteiger partial charge in [-0.15, -0.1) is 0 Å². The molecule has 30 heavy (non-hydrogen) atoms. The van der Waals surface area contributed by atoms with E-state index in [1.807, 2.05) is 20.8 Å². The van der Waals surface area contributed by atoms with Crippen LogP contribution in [0, 0.1) is 5.82 Å². The first kappa shape index (κ1) is 21.8. The second kappa shape index (κ2) is 8.11. The van der Waals surface area contributed by atoms with Gasteiger partial charge in [-0.25, -0.2) is 4.39 Å². The SMILES string of the molecule is CNC(CNc1nc(NC(C)(C)C)c2cnn(C(O)(O)O)c2n1)c1ccccc1F. The van der Waals surface area contributed by atoms with Gasteiger partial charge in [0.15, 0.2) is 5.65 Å². The average Bonchev–Trinajstić information content (AvgIpc) is 3.07. The molecule has 0 amide bonds. The zero-order chi connectivity index (χ0) is 22.1. The number of aromatic nitrogens is 4. The minimum absolute atomic E-state index is 0.00125. The quantitative estimate of drug-likeness (QED) is 0.311. The largest absolute Gasteiger partial charge is 0.390 e. The molecular weight excluding hydrogens is 393 g/mol. The molecule has 0 fully saturated rings. The third-order valence-corrected chi connectivity index (χ3v) is 4.30. The summed E-state index contributed by atoms with van der Waals surface area (Å²) < 4.78 is 14.7. The van der Waals surface area contributed by atoms with E-state index >= 15 is 0 Å². The molecule has 1 unspecified atom stereocenters. The third kappa shape index (κ3) is 4.82. The van der Waals surface area contributed by atoms with Crippen LogP contribution in [0.3, 0.4) is 0 Å². The van der Waals surface area contributed by atoms with E-state index in [4.69, 9.17) is 0 Å². The Morgan fingerprint density at radius 2 is 1.83 bits per heavy atom. The lowest BCUT2D eigenvalue weighted by Crippen LogP contribution is -2.33. The Kier molecular flexibility index (Phi) is 5.90. The highest BCUT2D eigenvalue weighted by Crippen LogP contribution is 2.27. The Labute approximate surface area is 172 Å². The molecule has 0 aliphatic carbocycles. The Morgan fingerprint density at radius 1 is 1.13 bits per heavy atom. The van der Waals surface area contributed by atoms with Crippen molar-refractivity contribution in [2.24, 2.45) is 0 Å². The van der Waals surface area contributed by atoms with E-state index in [0.717, 1.165) is 0 Å². The van der Waals surface area contributed by atoms with Crippen molar-refractivity contribution in [2.75, 3.05) is 24.2 Å². The van der Waals surface area contributed by atoms with Crippen molar-refractivity contribution in [3.63, 3.8) is 0 Å². The topological polar surface area (TPSA) is 140 Å². The lowest BCUT2D eigenvalue weighted by molar-refractivity contribution is -0.378. The molecule has 0 aliphatic rings. The number of nitrogens with one attached hydrogen (secondary N) is 3. The maximum Gasteiger partial charge on any atom is 0.390 e. The van der Waals surface area contributed by atoms with Gasteiger partial charge in [-0.3, -0.25) is 0 Å². The molecule has 0 saturated heterocycles. The monoisotopic (exact) mass is 419 g/mol. The van der Waals surface area contributed by atoms with Crippen LogP contribution in [-0.2, 0) is 6.10 Å². The molecule has 2 aromatic heterocycles. The number of rotatable bonds is 7. The maximum atomic E-state index is 14.1. The maximum absolute atomic E-state index is 14.1. The van der Waals surface area contributed by atoms with Crippen LogP contribution in [0.1, 0.15) is 32.4 Å². The molecule has 3 rings (SSSR count). The van der Waals surface area contributed by atoms with E-state index in [0.29, 0.717) is 21.4 Å². The zero-order valence-electron chi connectivity index (χ0n) is 17.2. The van der Waals surface area contributed by atoms with Crippen molar-refractivity contribution in [3.05, 3.63) is 41.8 Å². The van der Waals surface area contributed by atoms with E-state index in [1.165, 1.54) is 12.3 Å². The van der Waals surface area contributed by atoms with Gasteiger partial charge in [0.25, 0.3) is 0 Å². The third-order valence-electron chi connectivity index (χ3n) is 4.30. The molecule has 1 atom stereocenters. The number of hydrogen-bond acceptors (Lipinski definition) is 9. The highest BCUT2D eigenvalue weighted by Gasteiger charge is 2.28. The molecule has 0 saturated carbocycles. The smallest absolute Gasteiger partial charge is 0.365 e. The minimum atomic E-state index is -3.23. The van der Waals surface area contributed by atoms with Gasteiger partial charge in [0.05, 0.1) is 17.6 Å². The molecule has 2 heterocycles. The first-order valence-electron chi connectivity index (χ1n) is 9.36. The summed E-state index contributed by atoms with van der Waals surface area (Å²) in [6.45, 7) is 6.04. The highest BCUT2D eigenvalue weighted by molar-refractivity contribution is 5.87. The first-order valence-corrected chi connectivity index (χ1v) is 9.36. The summed E-state index contributed by atoms with van der Waals surface area (Å²) in [5.41, 5.74) is 0.112. The molecule has 0 bridgehead atoms. The number of aliphatic hydroxyl groups is 3. The van der Waals surface area contributed by atoms with Crippen LogP contribution in [0.15, 0.2) is 30.5 Å². The summed E-state index contributed by atoms with van der Waals surface area (Å²) in [5.74, 6) is 0.183. The van der Waals surface area contributed by atoms with Crippen molar-refractivity contribution in [3.8, 4) is 0 Å². The number of hydrogen-bond donors (Lipinski definition) is 6. The number of halogens is 1. The van der Waals surface area contributed by atoms with Crippen molar-refractivity contribution < 1.29 is 19.7 Å². The number of nitrogens with zero attached hydrogens (tertiary/aromatic N) is 4. The molecule has 6 N–H and O–H groups in total. The van der Waals surface area contributed by atoms with E-state index in [2.05, 4.69) is 31.0 Å². The van der Waals surface area contributed by atoms with Gasteiger partial charge in [-0.2, -0.15) is 19.7 Å². The fraction of sp³-hybridized carbons (Fsp3) is 0.421. The number of benzene rings is 1. The van der Waals surface area contributed by atoms with Crippen LogP contribution in [-0.4, -0.2) is 54.2 Å². The van der Waals surface area contributed by atoms with E-state index < -0.39 is 6.10 Å². The van der Waals surface area contributed by atoms with Gasteiger partial charge in [-0.05, 0) is 33.9 Å². The molecule has 3 aromatic rings. The van der Waals surface area contributed by atoms with Gasteiger partial charge >= 0.3 is 6.10 Å². The average molecular weight is 419 g/mol. The van der Waals surface area contributed by atoms with E-state index in [9.17, 15) is 19.7 Å². The van der Waals surface area contributed by atoms with Gasteiger partial charge in [0.2, 0.25) is 5.95 Å². The summed E-state index contributed by atoms with van der Waals surface area (Å²) in [7, 11) is 1.71. The number of likely N-dealkylation sites (N-methyl/N-ethyl adjacent to an activating group) is 1. The predicted molar refractivity (Wildman–Crippen MR) is 110 cm³/mol. The summed E-state index contributed by atoms with van der Waals surface area (Å²) in [5, 5.41) is 42.2. The van der Waals surface area contributed by atoms with Crippen LogP contribution in [0.2, 0.25) is 0 Å². The number of fused-ring (bicyclic) bond motifs is 1. The standard InChI is InChI=1S/C19H26FN7O3/c1-18(2,3)26-15-12-9-23-27(19(28,29)30)16(12)25-17(24-15)22-10-14(21-4)11-7-5-6-8-13(11)20/h5-9,14,21,28-30H,10H2,1-4H3,(H2,22,24,25,26). The zero-order valence-corrected chi connectivity index (χ0v) is 17.2. The second-order valence-corrected chi connectivity index (χ2v) is 7.91. The van der Waals surface area contributed by atoms with Gasteiger partial charge in [-0.1, -0.05) is 18.2 Å². The van der Waals surface area contributed by atoms with Crippen LogP contribution in [0.25, 0.3) is 11.0 Å². The van der Waals surface area contributed by atoms with E-state index in [1.54, 1.807) is 25.2 Å². The fourth-order valence-electron chi connectivity index (χ4n) is 2.98. The number of anilines is 2. The fourth-order valence-corrected chi connectivity index (χ4v) is 2.98. The lowest BCUT2D eigenvalue weighted by atomic mass is 10.1. The highest BCUT2D eigenvalue weighted by atomic mass is 19.1. The Hall–Kier alpha value is -2.86. The van der Waals surface area contributed by atoms with Gasteiger partial charge in [0.1, 0.15) is 11.6 Å². The molecule has 162 valence electrons. The molecule has 10 nitrogen and oxygen atoms in total. The first-order chi connectivity index (χ1) is 14.0. The summed E-state index contributed by atoms with van der Waals surface area (Å²) in [6, 6.07) is 6.06. The van der Waals surface area contributed by atoms with Crippen LogP contribution in [0.5, 0.6) is 0 Å². The normalized spacial score (nSPS) is 13.5. The molecule has 11 heteroatoms. The second-order valence-electron chi connectivity index (χ2n) is 7.91. The van der Waals surface area contributed by atoms with Gasteiger partial charge < -0.3 is 31.3 Å². The summed E-state index contributed by atoms with van der Waals surface area (Å²) in [6.07, 6.45) is -1.91. The van der Waals surface area contributed by atoms with E-state index in [-0.39, 0.29) is 35.5 Å². The molecular formula is C19H26FN7O3. The Balaban J connectivity index is 1.97. The Bertz CT molecular complexity index is 1030. The van der Waals surface area contributed by atoms with Crippen molar-refractivity contribution in [2.45, 2.75) is 38.4 Å². The van der Waals surface area contributed by atoms with Crippen molar-refractivity contribution in [1.82, 2.24) is 25.1 Å². The van der Waals surface area contributed by atoms with Crippen LogP contribution in [0.4, 0.5) is 16.2 Å². The van der Waals surface area contributed by atoms with Crippen LogP contribution < -0.4 is 16.0 Å². The van der Waals surface area contributed by atoms with Gasteiger partial charge in [0, 0.05) is 17.6 Å².